The maximum atomic E-state index is 13.6. The third kappa shape index (κ3) is 5.65. The Labute approximate surface area is 150 Å². The highest BCUT2D eigenvalue weighted by molar-refractivity contribution is 5.77. The minimum absolute atomic E-state index is 0.0204. The van der Waals surface area contributed by atoms with E-state index in [1.54, 1.807) is 32.9 Å². The Balaban J connectivity index is 1.90. The molecule has 8 heteroatoms. The standard InChI is InChI=1S/C18H22FN3O4/c1-11-4-5-12(10-13(11)19)17-20-15(26-22-17)7-6-14(23)21-18(2,3)9-8-16(24)25/h4-5,10H,6-9H2,1-3H3,(H,21,23)(H,24,25). The zero-order valence-electron chi connectivity index (χ0n) is 15.0. The van der Waals surface area contributed by atoms with Crippen molar-refractivity contribution in [1.82, 2.24) is 15.5 Å². The number of amides is 1. The molecule has 0 spiro atoms. The minimum Gasteiger partial charge on any atom is -0.481 e. The summed E-state index contributed by atoms with van der Waals surface area (Å²) in [5.41, 5.74) is 0.413. The highest BCUT2D eigenvalue weighted by atomic mass is 19.1. The number of rotatable bonds is 8. The van der Waals surface area contributed by atoms with Gasteiger partial charge in [-0.15, -0.1) is 0 Å². The van der Waals surface area contributed by atoms with E-state index in [2.05, 4.69) is 15.5 Å². The second-order valence-electron chi connectivity index (χ2n) is 6.80. The summed E-state index contributed by atoms with van der Waals surface area (Å²) in [6, 6.07) is 4.67. The lowest BCUT2D eigenvalue weighted by Crippen LogP contribution is -2.43. The van der Waals surface area contributed by atoms with Crippen molar-refractivity contribution in [3.05, 3.63) is 35.5 Å². The molecule has 1 aromatic heterocycles. The molecular formula is C18H22FN3O4. The molecule has 2 N–H and O–H groups in total. The fraction of sp³-hybridized carbons (Fsp3) is 0.444. The van der Waals surface area contributed by atoms with Crippen LogP contribution in [0.3, 0.4) is 0 Å². The van der Waals surface area contributed by atoms with Crippen LogP contribution in [0.5, 0.6) is 0 Å². The Morgan fingerprint density at radius 3 is 2.69 bits per heavy atom. The number of carboxylic acid groups (broad SMARTS) is 1. The Hall–Kier alpha value is -2.77. The molecular weight excluding hydrogens is 341 g/mol. The first kappa shape index (κ1) is 19.6. The SMILES string of the molecule is Cc1ccc(-c2noc(CCC(=O)NC(C)(C)CCC(=O)O)n2)cc1F. The summed E-state index contributed by atoms with van der Waals surface area (Å²) in [6.07, 6.45) is 0.674. The molecule has 0 saturated carbocycles. The van der Waals surface area contributed by atoms with Gasteiger partial charge in [0.1, 0.15) is 5.82 Å². The van der Waals surface area contributed by atoms with Gasteiger partial charge in [0.15, 0.2) is 0 Å². The smallest absolute Gasteiger partial charge is 0.303 e. The van der Waals surface area contributed by atoms with Crippen molar-refractivity contribution in [2.45, 2.75) is 52.0 Å². The maximum Gasteiger partial charge on any atom is 0.303 e. The van der Waals surface area contributed by atoms with Gasteiger partial charge in [0.2, 0.25) is 17.6 Å². The van der Waals surface area contributed by atoms with Crippen LogP contribution in [0.2, 0.25) is 0 Å². The number of carboxylic acids is 1. The van der Waals surface area contributed by atoms with Crippen molar-refractivity contribution < 1.29 is 23.6 Å². The molecule has 0 aliphatic rings. The van der Waals surface area contributed by atoms with E-state index in [0.717, 1.165) is 0 Å². The van der Waals surface area contributed by atoms with E-state index in [1.807, 2.05) is 0 Å². The lowest BCUT2D eigenvalue weighted by atomic mass is 9.98. The number of carbonyl (C=O) groups excluding carboxylic acids is 1. The van der Waals surface area contributed by atoms with Crippen molar-refractivity contribution >= 4 is 11.9 Å². The van der Waals surface area contributed by atoms with Crippen molar-refractivity contribution in [2.75, 3.05) is 0 Å². The number of hydrogen-bond acceptors (Lipinski definition) is 5. The monoisotopic (exact) mass is 363 g/mol. The lowest BCUT2D eigenvalue weighted by Gasteiger charge is -2.25. The summed E-state index contributed by atoms with van der Waals surface area (Å²) in [5.74, 6) is -0.947. The number of aliphatic carboxylic acids is 1. The Kier molecular flexibility index (Phi) is 6.07. The molecule has 140 valence electrons. The van der Waals surface area contributed by atoms with E-state index in [9.17, 15) is 14.0 Å². The number of carbonyl (C=O) groups is 2. The first-order chi connectivity index (χ1) is 12.2. The van der Waals surface area contributed by atoms with Crippen LogP contribution in [0.1, 0.15) is 44.6 Å². The van der Waals surface area contributed by atoms with Gasteiger partial charge in [-0.25, -0.2) is 4.39 Å². The topological polar surface area (TPSA) is 105 Å². The molecule has 0 radical (unpaired) electrons. The third-order valence-electron chi connectivity index (χ3n) is 3.91. The zero-order chi connectivity index (χ0) is 19.3. The van der Waals surface area contributed by atoms with Crippen molar-refractivity contribution in [3.8, 4) is 11.4 Å². The van der Waals surface area contributed by atoms with Gasteiger partial charge in [0.05, 0.1) is 0 Å². The number of halogens is 1. The average Bonchev–Trinajstić information content (AvgIpc) is 3.02. The first-order valence-corrected chi connectivity index (χ1v) is 8.28. The fourth-order valence-corrected chi connectivity index (χ4v) is 2.35. The van der Waals surface area contributed by atoms with Crippen molar-refractivity contribution in [1.29, 1.82) is 0 Å². The average molecular weight is 363 g/mol. The quantitative estimate of drug-likeness (QED) is 0.747. The zero-order valence-corrected chi connectivity index (χ0v) is 15.0. The predicted molar refractivity (Wildman–Crippen MR) is 91.8 cm³/mol. The predicted octanol–water partition coefficient (Wildman–Crippen LogP) is 2.88. The summed E-state index contributed by atoms with van der Waals surface area (Å²) >= 11 is 0. The van der Waals surface area contributed by atoms with Gasteiger partial charge in [-0.1, -0.05) is 17.3 Å². The Morgan fingerprint density at radius 1 is 1.31 bits per heavy atom. The largest absolute Gasteiger partial charge is 0.481 e. The molecule has 0 fully saturated rings. The van der Waals surface area contributed by atoms with Gasteiger partial charge < -0.3 is 14.9 Å². The van der Waals surface area contributed by atoms with Crippen LogP contribution in [0.25, 0.3) is 11.4 Å². The lowest BCUT2D eigenvalue weighted by molar-refractivity contribution is -0.137. The minimum atomic E-state index is -0.904. The molecule has 2 rings (SSSR count). The van der Waals surface area contributed by atoms with Gasteiger partial charge in [0, 0.05) is 30.4 Å². The molecule has 1 amide bonds. The normalized spacial score (nSPS) is 11.4. The van der Waals surface area contributed by atoms with Crippen molar-refractivity contribution in [2.24, 2.45) is 0 Å². The molecule has 0 saturated heterocycles. The molecule has 0 aliphatic carbocycles. The van der Waals surface area contributed by atoms with Gasteiger partial charge in [0.25, 0.3) is 0 Å². The molecule has 0 atom stereocenters. The summed E-state index contributed by atoms with van der Waals surface area (Å²) in [4.78, 5) is 26.9. The van der Waals surface area contributed by atoms with E-state index in [4.69, 9.17) is 9.63 Å². The van der Waals surface area contributed by atoms with E-state index >= 15 is 0 Å². The van der Waals surface area contributed by atoms with Gasteiger partial charge >= 0.3 is 5.97 Å². The fourth-order valence-electron chi connectivity index (χ4n) is 2.35. The van der Waals surface area contributed by atoms with Gasteiger partial charge in [-0.3, -0.25) is 9.59 Å². The number of nitrogens with zero attached hydrogens (tertiary/aromatic N) is 2. The van der Waals surface area contributed by atoms with Crippen LogP contribution in [-0.4, -0.2) is 32.7 Å². The van der Waals surface area contributed by atoms with E-state index in [1.165, 1.54) is 6.07 Å². The molecule has 0 bridgehead atoms. The number of aromatic nitrogens is 2. The highest BCUT2D eigenvalue weighted by Crippen LogP contribution is 2.19. The second-order valence-corrected chi connectivity index (χ2v) is 6.80. The molecule has 2 aromatic rings. The summed E-state index contributed by atoms with van der Waals surface area (Å²) in [7, 11) is 0. The molecule has 0 aliphatic heterocycles. The Morgan fingerprint density at radius 2 is 2.04 bits per heavy atom. The first-order valence-electron chi connectivity index (χ1n) is 8.28. The molecule has 7 nitrogen and oxygen atoms in total. The van der Waals surface area contributed by atoms with E-state index in [0.29, 0.717) is 17.5 Å². The van der Waals surface area contributed by atoms with Crippen LogP contribution in [0, 0.1) is 12.7 Å². The summed E-state index contributed by atoms with van der Waals surface area (Å²) < 4.78 is 18.7. The van der Waals surface area contributed by atoms with Crippen LogP contribution in [0.15, 0.2) is 22.7 Å². The highest BCUT2D eigenvalue weighted by Gasteiger charge is 2.22. The number of aryl methyl sites for hydroxylation is 2. The van der Waals surface area contributed by atoms with Crippen LogP contribution >= 0.6 is 0 Å². The van der Waals surface area contributed by atoms with Crippen LogP contribution in [-0.2, 0) is 16.0 Å². The van der Waals surface area contributed by atoms with Crippen molar-refractivity contribution in [3.63, 3.8) is 0 Å². The van der Waals surface area contributed by atoms with E-state index in [-0.39, 0.29) is 42.7 Å². The molecule has 0 unspecified atom stereocenters. The van der Waals surface area contributed by atoms with Gasteiger partial charge in [-0.2, -0.15) is 4.98 Å². The number of hydrogen-bond donors (Lipinski definition) is 2. The molecule has 1 aromatic carbocycles. The number of benzene rings is 1. The second kappa shape index (κ2) is 8.07. The molecule has 1 heterocycles. The third-order valence-corrected chi connectivity index (χ3v) is 3.91. The maximum absolute atomic E-state index is 13.6. The van der Waals surface area contributed by atoms with E-state index < -0.39 is 11.5 Å². The van der Waals surface area contributed by atoms with Crippen LogP contribution < -0.4 is 5.32 Å². The van der Waals surface area contributed by atoms with Crippen LogP contribution in [0.4, 0.5) is 4.39 Å². The molecule has 26 heavy (non-hydrogen) atoms. The Bertz CT molecular complexity index is 801. The number of nitrogens with one attached hydrogen (secondary N) is 1. The van der Waals surface area contributed by atoms with Gasteiger partial charge in [-0.05, 0) is 38.8 Å². The summed E-state index contributed by atoms with van der Waals surface area (Å²) in [5, 5.41) is 15.3. The summed E-state index contributed by atoms with van der Waals surface area (Å²) in [6.45, 7) is 5.20.